The van der Waals surface area contributed by atoms with Gasteiger partial charge in [0.25, 0.3) is 0 Å². The predicted molar refractivity (Wildman–Crippen MR) is 126 cm³/mol. The van der Waals surface area contributed by atoms with Gasteiger partial charge in [-0.1, -0.05) is 0 Å². The summed E-state index contributed by atoms with van der Waals surface area (Å²) >= 11 is 0. The summed E-state index contributed by atoms with van der Waals surface area (Å²) in [7, 11) is -2.21. The molecule has 1 fully saturated rings. The minimum Gasteiger partial charge on any atom is -0.494 e. The molecule has 0 aliphatic carbocycles. The summed E-state index contributed by atoms with van der Waals surface area (Å²) in [6.07, 6.45) is 1.56. The lowest BCUT2D eigenvalue weighted by Crippen LogP contribution is -2.41. The normalized spacial score (nSPS) is 14.6. The third-order valence-electron chi connectivity index (χ3n) is 5.35. The molecule has 11 heteroatoms. The zero-order valence-electron chi connectivity index (χ0n) is 18.7. The molecule has 0 unspecified atom stereocenters. The summed E-state index contributed by atoms with van der Waals surface area (Å²) in [5.41, 5.74) is 1.72. The number of methoxy groups -OCH3 is 1. The largest absolute Gasteiger partial charge is 0.494 e. The minimum atomic E-state index is -3.62. The lowest BCUT2D eigenvalue weighted by Gasteiger charge is -2.26. The molecular formula is C23H26FN5O4S. The van der Waals surface area contributed by atoms with E-state index in [2.05, 4.69) is 24.9 Å². The SMILES string of the molecule is COc1ccc(-c2ccnc(Nc3ccc(S(=O)(=O)NCCN4CCOCC4)cc3)n2)cc1F. The molecule has 1 aliphatic rings. The van der Waals surface area contributed by atoms with Crippen LogP contribution in [0, 0.1) is 5.82 Å². The monoisotopic (exact) mass is 487 g/mol. The fraction of sp³-hybridized carbons (Fsp3) is 0.304. The van der Waals surface area contributed by atoms with E-state index in [0.29, 0.717) is 49.2 Å². The van der Waals surface area contributed by atoms with Gasteiger partial charge in [-0.25, -0.2) is 27.5 Å². The third kappa shape index (κ3) is 6.06. The molecule has 2 aromatic carbocycles. The maximum Gasteiger partial charge on any atom is 0.240 e. The fourth-order valence-electron chi connectivity index (χ4n) is 3.50. The standard InChI is InChI=1S/C23H26FN5O4S/c1-32-22-7-2-17(16-20(22)24)21-8-9-25-23(28-21)27-18-3-5-19(6-4-18)34(30,31)26-10-11-29-12-14-33-15-13-29/h2-9,16,26H,10-15H2,1H3,(H,25,27,28). The number of aromatic nitrogens is 2. The molecule has 1 saturated heterocycles. The van der Waals surface area contributed by atoms with Crippen molar-refractivity contribution in [2.75, 3.05) is 51.8 Å². The molecule has 180 valence electrons. The topological polar surface area (TPSA) is 106 Å². The fourth-order valence-corrected chi connectivity index (χ4v) is 4.52. The van der Waals surface area contributed by atoms with Crippen LogP contribution in [0.1, 0.15) is 0 Å². The Morgan fingerprint density at radius 1 is 1.12 bits per heavy atom. The summed E-state index contributed by atoms with van der Waals surface area (Å²) in [6.45, 7) is 3.91. The van der Waals surface area contributed by atoms with Crippen LogP contribution in [0.2, 0.25) is 0 Å². The lowest BCUT2D eigenvalue weighted by atomic mass is 10.1. The van der Waals surface area contributed by atoms with Gasteiger partial charge in [0, 0.05) is 43.6 Å². The first-order valence-corrected chi connectivity index (χ1v) is 12.3. The van der Waals surface area contributed by atoms with Crippen molar-refractivity contribution < 1.29 is 22.3 Å². The second kappa shape index (κ2) is 10.9. The quantitative estimate of drug-likeness (QED) is 0.475. The molecule has 0 saturated carbocycles. The second-order valence-corrected chi connectivity index (χ2v) is 9.38. The number of hydrogen-bond acceptors (Lipinski definition) is 8. The number of benzene rings is 2. The molecule has 0 bridgehead atoms. The van der Waals surface area contributed by atoms with E-state index in [-0.39, 0.29) is 10.6 Å². The van der Waals surface area contributed by atoms with Gasteiger partial charge < -0.3 is 14.8 Å². The minimum absolute atomic E-state index is 0.154. The molecule has 1 aliphatic heterocycles. The number of halogens is 1. The van der Waals surface area contributed by atoms with Crippen molar-refractivity contribution in [3.05, 3.63) is 60.5 Å². The first-order chi connectivity index (χ1) is 16.4. The van der Waals surface area contributed by atoms with Crippen LogP contribution in [-0.2, 0) is 14.8 Å². The van der Waals surface area contributed by atoms with Crippen molar-refractivity contribution in [1.82, 2.24) is 19.6 Å². The van der Waals surface area contributed by atoms with Gasteiger partial charge in [0.05, 0.1) is 30.9 Å². The maximum atomic E-state index is 14.0. The number of morpholine rings is 1. The van der Waals surface area contributed by atoms with Gasteiger partial charge in [0.15, 0.2) is 11.6 Å². The van der Waals surface area contributed by atoms with Gasteiger partial charge in [-0.05, 0) is 48.5 Å². The molecule has 34 heavy (non-hydrogen) atoms. The Hall–Kier alpha value is -3.12. The van der Waals surface area contributed by atoms with Crippen LogP contribution < -0.4 is 14.8 Å². The van der Waals surface area contributed by atoms with Crippen molar-refractivity contribution in [3.63, 3.8) is 0 Å². The number of ether oxygens (including phenoxy) is 2. The Morgan fingerprint density at radius 2 is 1.88 bits per heavy atom. The Balaban J connectivity index is 1.38. The van der Waals surface area contributed by atoms with Crippen molar-refractivity contribution in [2.45, 2.75) is 4.90 Å². The Morgan fingerprint density at radius 3 is 2.59 bits per heavy atom. The molecule has 3 aromatic rings. The Labute approximate surface area is 198 Å². The van der Waals surface area contributed by atoms with Crippen LogP contribution in [-0.4, -0.2) is 69.8 Å². The third-order valence-corrected chi connectivity index (χ3v) is 6.82. The smallest absolute Gasteiger partial charge is 0.240 e. The zero-order chi connectivity index (χ0) is 24.0. The van der Waals surface area contributed by atoms with Crippen LogP contribution in [0.15, 0.2) is 59.6 Å². The van der Waals surface area contributed by atoms with E-state index in [1.54, 1.807) is 30.5 Å². The molecule has 2 heterocycles. The van der Waals surface area contributed by atoms with Gasteiger partial charge >= 0.3 is 0 Å². The molecule has 0 radical (unpaired) electrons. The highest BCUT2D eigenvalue weighted by molar-refractivity contribution is 7.89. The van der Waals surface area contributed by atoms with E-state index in [4.69, 9.17) is 9.47 Å². The van der Waals surface area contributed by atoms with Gasteiger partial charge in [-0.15, -0.1) is 0 Å². The summed E-state index contributed by atoms with van der Waals surface area (Å²) < 4.78 is 52.1. The molecule has 0 spiro atoms. The van der Waals surface area contributed by atoms with Crippen molar-refractivity contribution in [2.24, 2.45) is 0 Å². The Bertz CT molecular complexity index is 1220. The van der Waals surface area contributed by atoms with E-state index in [1.165, 1.54) is 31.4 Å². The lowest BCUT2D eigenvalue weighted by molar-refractivity contribution is 0.0390. The van der Waals surface area contributed by atoms with Crippen LogP contribution in [0.5, 0.6) is 5.75 Å². The van der Waals surface area contributed by atoms with E-state index < -0.39 is 15.8 Å². The number of nitrogens with zero attached hydrogens (tertiary/aromatic N) is 3. The van der Waals surface area contributed by atoms with Crippen molar-refractivity contribution in [1.29, 1.82) is 0 Å². The molecule has 9 nitrogen and oxygen atoms in total. The molecule has 0 atom stereocenters. The number of sulfonamides is 1. The first-order valence-electron chi connectivity index (χ1n) is 10.8. The highest BCUT2D eigenvalue weighted by Crippen LogP contribution is 2.25. The van der Waals surface area contributed by atoms with E-state index >= 15 is 0 Å². The molecule has 4 rings (SSSR count). The highest BCUT2D eigenvalue weighted by atomic mass is 32.2. The van der Waals surface area contributed by atoms with Crippen LogP contribution in [0.3, 0.4) is 0 Å². The average molecular weight is 488 g/mol. The molecular weight excluding hydrogens is 461 g/mol. The summed E-state index contributed by atoms with van der Waals surface area (Å²) in [6, 6.07) is 12.6. The van der Waals surface area contributed by atoms with Gasteiger partial charge in [-0.3, -0.25) is 4.90 Å². The average Bonchev–Trinajstić information content (AvgIpc) is 2.85. The van der Waals surface area contributed by atoms with E-state index in [9.17, 15) is 12.8 Å². The van der Waals surface area contributed by atoms with Crippen LogP contribution in [0.4, 0.5) is 16.0 Å². The predicted octanol–water partition coefficient (Wildman–Crippen LogP) is 2.65. The Kier molecular flexibility index (Phi) is 7.68. The summed E-state index contributed by atoms with van der Waals surface area (Å²) in [5, 5.41) is 3.04. The van der Waals surface area contributed by atoms with Crippen LogP contribution in [0.25, 0.3) is 11.3 Å². The summed E-state index contributed by atoms with van der Waals surface area (Å²) in [4.78, 5) is 10.9. The maximum absolute atomic E-state index is 14.0. The summed E-state index contributed by atoms with van der Waals surface area (Å²) in [5.74, 6) is -0.0294. The first kappa shape index (κ1) is 24.0. The van der Waals surface area contributed by atoms with Gasteiger partial charge in [-0.2, -0.15) is 0 Å². The van der Waals surface area contributed by atoms with Gasteiger partial charge in [0.1, 0.15) is 0 Å². The molecule has 1 aromatic heterocycles. The zero-order valence-corrected chi connectivity index (χ0v) is 19.5. The number of anilines is 2. The van der Waals surface area contributed by atoms with Crippen molar-refractivity contribution in [3.8, 4) is 17.0 Å². The van der Waals surface area contributed by atoms with Crippen LogP contribution >= 0.6 is 0 Å². The van der Waals surface area contributed by atoms with Crippen molar-refractivity contribution >= 4 is 21.7 Å². The number of nitrogens with one attached hydrogen (secondary N) is 2. The molecule has 2 N–H and O–H groups in total. The molecule has 0 amide bonds. The highest BCUT2D eigenvalue weighted by Gasteiger charge is 2.16. The van der Waals surface area contributed by atoms with Gasteiger partial charge in [0.2, 0.25) is 16.0 Å². The second-order valence-electron chi connectivity index (χ2n) is 7.62. The van der Waals surface area contributed by atoms with E-state index in [0.717, 1.165) is 13.1 Å². The number of hydrogen-bond donors (Lipinski definition) is 2. The van der Waals surface area contributed by atoms with E-state index in [1.807, 2.05) is 0 Å². The number of rotatable bonds is 9.